The monoisotopic (exact) mass is 464 g/mol. The molecule has 140 valence electrons. The van der Waals surface area contributed by atoms with E-state index in [-0.39, 0.29) is 16.0 Å². The van der Waals surface area contributed by atoms with Crippen LogP contribution in [0.25, 0.3) is 6.08 Å². The molecule has 1 heterocycles. The Hall–Kier alpha value is -1.90. The molecule has 0 aromatic heterocycles. The lowest BCUT2D eigenvalue weighted by Crippen LogP contribution is -2.29. The van der Waals surface area contributed by atoms with Gasteiger partial charge in [0.25, 0.3) is 15.9 Å². The van der Waals surface area contributed by atoms with Gasteiger partial charge in [-0.2, -0.15) is 8.42 Å². The van der Waals surface area contributed by atoms with E-state index in [4.69, 9.17) is 0 Å². The van der Waals surface area contributed by atoms with E-state index in [9.17, 15) is 13.2 Å². The number of carbonyl (C=O) groups excluding carboxylic acids is 1. The fraction of sp³-hybridized carbons (Fsp3) is 0.158. The first-order chi connectivity index (χ1) is 12.8. The average molecular weight is 465 g/mol. The largest absolute Gasteiger partial charge is 0.286 e. The van der Waals surface area contributed by atoms with Crippen molar-refractivity contribution in [1.82, 2.24) is 4.90 Å². The maximum atomic E-state index is 12.6. The van der Waals surface area contributed by atoms with E-state index in [2.05, 4.69) is 20.3 Å². The third-order valence-corrected chi connectivity index (χ3v) is 6.82. The Kier molecular flexibility index (Phi) is 5.88. The van der Waals surface area contributed by atoms with Gasteiger partial charge in [0.2, 0.25) is 0 Å². The summed E-state index contributed by atoms with van der Waals surface area (Å²) < 4.78 is 30.1. The molecule has 1 saturated heterocycles. The molecule has 0 spiro atoms. The fourth-order valence-corrected chi connectivity index (χ4v) is 4.94. The molecule has 2 aromatic carbocycles. The molecule has 5 nitrogen and oxygen atoms in total. The van der Waals surface area contributed by atoms with Crippen LogP contribution in [-0.2, 0) is 14.8 Å². The molecule has 0 aliphatic carbocycles. The molecule has 0 N–H and O–H groups in total. The summed E-state index contributed by atoms with van der Waals surface area (Å²) in [6.45, 7) is 4.01. The number of sulfonamides is 1. The zero-order chi connectivity index (χ0) is 19.6. The summed E-state index contributed by atoms with van der Waals surface area (Å²) in [5.41, 5.74) is 1.81. The molecule has 0 bridgehead atoms. The smallest absolute Gasteiger partial charge is 0.284 e. The number of carbonyl (C=O) groups is 1. The topological polar surface area (TPSA) is 66.8 Å². The maximum absolute atomic E-state index is 12.6. The summed E-state index contributed by atoms with van der Waals surface area (Å²) in [6, 6.07) is 14.0. The normalized spacial score (nSPS) is 17.9. The van der Waals surface area contributed by atoms with E-state index < -0.39 is 10.0 Å². The summed E-state index contributed by atoms with van der Waals surface area (Å²) in [5.74, 6) is -0.247. The Bertz CT molecular complexity index is 1030. The van der Waals surface area contributed by atoms with E-state index in [1.807, 2.05) is 31.2 Å². The van der Waals surface area contributed by atoms with Gasteiger partial charge in [-0.3, -0.25) is 9.69 Å². The van der Waals surface area contributed by atoms with E-state index in [1.54, 1.807) is 25.1 Å². The number of likely N-dealkylation sites (N-methyl/N-ethyl adjacent to an activating group) is 1. The summed E-state index contributed by atoms with van der Waals surface area (Å²) in [4.78, 5) is 14.6. The van der Waals surface area contributed by atoms with Crippen LogP contribution in [0, 0.1) is 6.92 Å². The third kappa shape index (κ3) is 4.51. The number of aryl methyl sites for hydroxylation is 1. The van der Waals surface area contributed by atoms with Gasteiger partial charge in [0.15, 0.2) is 5.17 Å². The lowest BCUT2D eigenvalue weighted by atomic mass is 10.2. The molecule has 1 fully saturated rings. The van der Waals surface area contributed by atoms with Crippen molar-refractivity contribution in [3.63, 3.8) is 0 Å². The van der Waals surface area contributed by atoms with Crippen molar-refractivity contribution in [2.45, 2.75) is 18.7 Å². The molecular formula is C19H17BrN2O3S2. The van der Waals surface area contributed by atoms with Gasteiger partial charge in [-0.05, 0) is 61.5 Å². The van der Waals surface area contributed by atoms with Crippen LogP contribution in [-0.4, -0.2) is 30.9 Å². The number of amides is 1. The van der Waals surface area contributed by atoms with Gasteiger partial charge in [0.1, 0.15) is 0 Å². The van der Waals surface area contributed by atoms with Crippen molar-refractivity contribution >= 4 is 54.9 Å². The van der Waals surface area contributed by atoms with Crippen molar-refractivity contribution in [2.75, 3.05) is 6.54 Å². The Labute approximate surface area is 171 Å². The SMILES string of the molecule is CCN1C(=O)/C(=C/c2ccc(Br)cc2)SC1=NS(=O)(=O)c1ccc(C)cc1. The van der Waals surface area contributed by atoms with Gasteiger partial charge in [0, 0.05) is 11.0 Å². The number of thioether (sulfide) groups is 1. The highest BCUT2D eigenvalue weighted by Gasteiger charge is 2.34. The molecule has 0 atom stereocenters. The first-order valence-electron chi connectivity index (χ1n) is 8.19. The number of benzene rings is 2. The van der Waals surface area contributed by atoms with Crippen molar-refractivity contribution in [1.29, 1.82) is 0 Å². The minimum Gasteiger partial charge on any atom is -0.286 e. The molecule has 1 aliphatic rings. The first kappa shape index (κ1) is 19.9. The molecule has 0 saturated carbocycles. The van der Waals surface area contributed by atoms with Crippen molar-refractivity contribution in [3.05, 3.63) is 69.0 Å². The zero-order valence-electron chi connectivity index (χ0n) is 14.7. The standard InChI is InChI=1S/C19H17BrN2O3S2/c1-3-22-18(23)17(12-14-6-8-15(20)9-7-14)26-19(22)21-27(24,25)16-10-4-13(2)5-11-16/h4-12H,3H2,1-2H3/b17-12-,21-19?. The summed E-state index contributed by atoms with van der Waals surface area (Å²) >= 11 is 4.44. The van der Waals surface area contributed by atoms with Crippen LogP contribution in [0.2, 0.25) is 0 Å². The van der Waals surface area contributed by atoms with Crippen LogP contribution in [0.3, 0.4) is 0 Å². The lowest BCUT2D eigenvalue weighted by molar-refractivity contribution is -0.122. The van der Waals surface area contributed by atoms with Crippen molar-refractivity contribution < 1.29 is 13.2 Å². The predicted molar refractivity (Wildman–Crippen MR) is 113 cm³/mol. The van der Waals surface area contributed by atoms with Crippen LogP contribution in [0.5, 0.6) is 0 Å². The van der Waals surface area contributed by atoms with E-state index in [0.29, 0.717) is 11.4 Å². The minimum absolute atomic E-state index is 0.107. The second-order valence-electron chi connectivity index (χ2n) is 5.87. The Balaban J connectivity index is 1.95. The minimum atomic E-state index is -3.89. The van der Waals surface area contributed by atoms with Gasteiger partial charge >= 0.3 is 0 Å². The number of rotatable bonds is 4. The fourth-order valence-electron chi connectivity index (χ4n) is 2.43. The van der Waals surface area contributed by atoms with Crippen LogP contribution < -0.4 is 0 Å². The number of halogens is 1. The van der Waals surface area contributed by atoms with E-state index >= 15 is 0 Å². The summed E-state index contributed by atoms with van der Waals surface area (Å²) in [7, 11) is -3.89. The lowest BCUT2D eigenvalue weighted by Gasteiger charge is -2.11. The molecule has 2 aromatic rings. The molecule has 27 heavy (non-hydrogen) atoms. The third-order valence-electron chi connectivity index (χ3n) is 3.89. The second-order valence-corrected chi connectivity index (χ2v) is 9.40. The first-order valence-corrected chi connectivity index (χ1v) is 11.2. The van der Waals surface area contributed by atoms with Crippen LogP contribution >= 0.6 is 27.7 Å². The number of hydrogen-bond donors (Lipinski definition) is 0. The molecule has 1 aliphatic heterocycles. The molecule has 3 rings (SSSR count). The highest BCUT2D eigenvalue weighted by Crippen LogP contribution is 2.33. The Morgan fingerprint density at radius 3 is 2.33 bits per heavy atom. The van der Waals surface area contributed by atoms with Crippen LogP contribution in [0.15, 0.2) is 67.2 Å². The molecule has 0 unspecified atom stereocenters. The highest BCUT2D eigenvalue weighted by atomic mass is 79.9. The quantitative estimate of drug-likeness (QED) is 0.627. The number of amidine groups is 1. The predicted octanol–water partition coefficient (Wildman–Crippen LogP) is 4.44. The number of nitrogens with zero attached hydrogens (tertiary/aromatic N) is 2. The molecular weight excluding hydrogens is 448 g/mol. The van der Waals surface area contributed by atoms with Gasteiger partial charge in [0.05, 0.1) is 9.80 Å². The molecule has 1 amide bonds. The maximum Gasteiger partial charge on any atom is 0.284 e. The van der Waals surface area contributed by atoms with Crippen LogP contribution in [0.4, 0.5) is 0 Å². The van der Waals surface area contributed by atoms with Gasteiger partial charge in [-0.25, -0.2) is 0 Å². The van der Waals surface area contributed by atoms with Gasteiger partial charge in [-0.15, -0.1) is 4.40 Å². The zero-order valence-corrected chi connectivity index (χ0v) is 17.9. The summed E-state index contributed by atoms with van der Waals surface area (Å²) in [6.07, 6.45) is 1.74. The van der Waals surface area contributed by atoms with Crippen LogP contribution in [0.1, 0.15) is 18.1 Å². The Morgan fingerprint density at radius 2 is 1.74 bits per heavy atom. The van der Waals surface area contributed by atoms with E-state index in [0.717, 1.165) is 27.4 Å². The Morgan fingerprint density at radius 1 is 1.11 bits per heavy atom. The molecule has 0 radical (unpaired) electrons. The highest BCUT2D eigenvalue weighted by molar-refractivity contribution is 9.10. The van der Waals surface area contributed by atoms with E-state index in [1.165, 1.54) is 17.0 Å². The van der Waals surface area contributed by atoms with Gasteiger partial charge < -0.3 is 0 Å². The molecule has 8 heteroatoms. The summed E-state index contributed by atoms with van der Waals surface area (Å²) in [5, 5.41) is 0.173. The van der Waals surface area contributed by atoms with Crippen molar-refractivity contribution in [3.8, 4) is 0 Å². The average Bonchev–Trinajstić information content (AvgIpc) is 2.91. The van der Waals surface area contributed by atoms with Crippen molar-refractivity contribution in [2.24, 2.45) is 4.40 Å². The number of hydrogen-bond acceptors (Lipinski definition) is 4. The van der Waals surface area contributed by atoms with Gasteiger partial charge in [-0.1, -0.05) is 45.8 Å². The second kappa shape index (κ2) is 8.00.